The molecule has 2 aliphatic rings. The minimum absolute atomic E-state index is 0.0320. The predicted molar refractivity (Wildman–Crippen MR) is 137 cm³/mol. The number of hydrogen-bond acceptors (Lipinski definition) is 3. The van der Waals surface area contributed by atoms with E-state index < -0.39 is 0 Å². The number of pyridine rings is 1. The van der Waals surface area contributed by atoms with Crippen molar-refractivity contribution in [2.24, 2.45) is 7.05 Å². The summed E-state index contributed by atoms with van der Waals surface area (Å²) in [5, 5.41) is 0. The number of anilines is 2. The average Bonchev–Trinajstić information content (AvgIpc) is 3.66. The second-order valence-electron chi connectivity index (χ2n) is 10.1. The number of aryl methyl sites for hydroxylation is 1. The number of nitrogens with zero attached hydrogens (tertiary/aromatic N) is 3. The van der Waals surface area contributed by atoms with Crippen molar-refractivity contribution in [3.8, 4) is 0 Å². The fraction of sp³-hybridized carbons (Fsp3) is 0.345. The molecular weight excluding hydrogens is 457 g/mol. The van der Waals surface area contributed by atoms with E-state index in [4.69, 9.17) is 0 Å². The molecule has 6 nitrogen and oxygen atoms in total. The highest BCUT2D eigenvalue weighted by Gasteiger charge is 2.42. The Labute approximate surface area is 210 Å². The molecule has 3 aromatic rings. The summed E-state index contributed by atoms with van der Waals surface area (Å²) in [7, 11) is 1.72. The first kappa shape index (κ1) is 24.0. The molecule has 1 aliphatic carbocycles. The van der Waals surface area contributed by atoms with Crippen LogP contribution in [0, 0.1) is 19.7 Å². The number of hydrogen-bond donors (Lipinski definition) is 0. The normalized spacial score (nSPS) is 15.3. The molecule has 0 N–H and O–H groups in total. The smallest absolute Gasteiger partial charge is 0.317 e. The number of rotatable bonds is 6. The first-order valence-corrected chi connectivity index (χ1v) is 12.3. The van der Waals surface area contributed by atoms with Crippen molar-refractivity contribution in [1.82, 2.24) is 9.47 Å². The molecule has 1 aromatic heterocycles. The first-order chi connectivity index (χ1) is 17.2. The summed E-state index contributed by atoms with van der Waals surface area (Å²) in [5.74, 6) is -0.277. The number of carbonyl (C=O) groups is 2. The number of carbonyl (C=O) groups excluding carboxylic acids is 2. The highest BCUT2D eigenvalue weighted by atomic mass is 19.1. The first-order valence-electron chi connectivity index (χ1n) is 12.3. The Hall–Kier alpha value is -3.74. The Kier molecular flexibility index (Phi) is 6.02. The van der Waals surface area contributed by atoms with Gasteiger partial charge in [0.1, 0.15) is 11.6 Å². The van der Waals surface area contributed by atoms with Crippen LogP contribution in [0.4, 0.5) is 20.6 Å². The largest absolute Gasteiger partial charge is 0.329 e. The number of Topliss-reactive ketones (excluding diaryl/α,β-unsaturated/α-hetero) is 1. The van der Waals surface area contributed by atoms with Gasteiger partial charge in [-0.05, 0) is 68.5 Å². The molecule has 186 valence electrons. The molecule has 0 bridgehead atoms. The summed E-state index contributed by atoms with van der Waals surface area (Å²) in [6.07, 6.45) is 2.38. The van der Waals surface area contributed by atoms with E-state index in [1.807, 2.05) is 42.2 Å². The Morgan fingerprint density at radius 2 is 1.83 bits per heavy atom. The summed E-state index contributed by atoms with van der Waals surface area (Å²) >= 11 is 0. The Morgan fingerprint density at radius 1 is 1.08 bits per heavy atom. The highest BCUT2D eigenvalue weighted by Crippen LogP contribution is 2.42. The minimum atomic E-state index is -0.309. The van der Waals surface area contributed by atoms with Gasteiger partial charge < -0.3 is 9.47 Å². The average molecular weight is 488 g/mol. The summed E-state index contributed by atoms with van der Waals surface area (Å²) in [4.78, 5) is 42.4. The SMILES string of the molecule is CC(=O)Cc1cccc(N2C(=O)N(C3CC3)Cc3c2c(C)c(=O)n(C)c3Cc2ccc(C)cc2F)c1. The van der Waals surface area contributed by atoms with Gasteiger partial charge in [-0.15, -0.1) is 0 Å². The van der Waals surface area contributed by atoms with Gasteiger partial charge in [0.15, 0.2) is 0 Å². The molecule has 1 saturated carbocycles. The fourth-order valence-corrected chi connectivity index (χ4v) is 5.18. The van der Waals surface area contributed by atoms with Crippen LogP contribution in [-0.2, 0) is 31.2 Å². The zero-order valence-corrected chi connectivity index (χ0v) is 21.1. The highest BCUT2D eigenvalue weighted by molar-refractivity contribution is 6.03. The third-order valence-electron chi connectivity index (χ3n) is 7.18. The number of benzene rings is 2. The van der Waals surface area contributed by atoms with Gasteiger partial charge in [0, 0.05) is 42.8 Å². The fourth-order valence-electron chi connectivity index (χ4n) is 5.18. The van der Waals surface area contributed by atoms with Gasteiger partial charge in [0.25, 0.3) is 5.56 Å². The molecule has 7 heteroatoms. The van der Waals surface area contributed by atoms with E-state index in [-0.39, 0.29) is 42.1 Å². The lowest BCUT2D eigenvalue weighted by Gasteiger charge is -2.39. The van der Waals surface area contributed by atoms with E-state index in [1.165, 1.54) is 13.0 Å². The van der Waals surface area contributed by atoms with Crippen molar-refractivity contribution in [3.63, 3.8) is 0 Å². The maximum Gasteiger partial charge on any atom is 0.329 e. The van der Waals surface area contributed by atoms with Crippen LogP contribution >= 0.6 is 0 Å². The molecule has 0 saturated heterocycles. The van der Waals surface area contributed by atoms with Crippen molar-refractivity contribution < 1.29 is 14.0 Å². The molecule has 0 spiro atoms. The third-order valence-corrected chi connectivity index (χ3v) is 7.18. The number of halogens is 1. The Bertz CT molecular complexity index is 1450. The molecule has 36 heavy (non-hydrogen) atoms. The molecule has 5 rings (SSSR count). The van der Waals surface area contributed by atoms with Crippen molar-refractivity contribution in [2.45, 2.75) is 59.0 Å². The maximum atomic E-state index is 14.9. The summed E-state index contributed by atoms with van der Waals surface area (Å²) in [5.41, 5.74) is 5.15. The Balaban J connectivity index is 1.71. The van der Waals surface area contributed by atoms with Crippen molar-refractivity contribution in [3.05, 3.63) is 92.1 Å². The van der Waals surface area contributed by atoms with Crippen LogP contribution in [0.1, 0.15) is 53.3 Å². The van der Waals surface area contributed by atoms with E-state index >= 15 is 0 Å². The van der Waals surface area contributed by atoms with Gasteiger partial charge in [0.05, 0.1) is 17.9 Å². The van der Waals surface area contributed by atoms with Gasteiger partial charge in [-0.3, -0.25) is 14.5 Å². The zero-order valence-electron chi connectivity index (χ0n) is 21.1. The van der Waals surface area contributed by atoms with E-state index in [2.05, 4.69) is 0 Å². The summed E-state index contributed by atoms with van der Waals surface area (Å²) in [6.45, 7) is 5.49. The standard InChI is InChI=1S/C29H30FN3O3/c1-17-8-9-21(25(30)12-17)15-26-24-16-32(22-10-11-22)29(36)33(27(24)19(3)28(35)31(26)4)23-7-5-6-20(14-23)13-18(2)34/h5-9,12,14,22H,10-11,13,15-16H2,1-4H3. The van der Waals surface area contributed by atoms with Crippen LogP contribution in [0.15, 0.2) is 47.3 Å². The lowest BCUT2D eigenvalue weighted by Crippen LogP contribution is -2.48. The minimum Gasteiger partial charge on any atom is -0.317 e. The number of fused-ring (bicyclic) bond motifs is 1. The summed E-state index contributed by atoms with van der Waals surface area (Å²) < 4.78 is 16.5. The van der Waals surface area contributed by atoms with Crippen LogP contribution in [0.25, 0.3) is 0 Å². The molecule has 2 amide bonds. The van der Waals surface area contributed by atoms with Gasteiger partial charge in [-0.25, -0.2) is 9.18 Å². The van der Waals surface area contributed by atoms with Gasteiger partial charge in [-0.1, -0.05) is 24.3 Å². The number of ketones is 1. The topological polar surface area (TPSA) is 62.6 Å². The second-order valence-corrected chi connectivity index (χ2v) is 10.1. The zero-order chi connectivity index (χ0) is 25.7. The summed E-state index contributed by atoms with van der Waals surface area (Å²) in [6, 6.07) is 12.5. The molecular formula is C29H30FN3O3. The van der Waals surface area contributed by atoms with Crippen molar-refractivity contribution in [2.75, 3.05) is 4.90 Å². The van der Waals surface area contributed by atoms with Gasteiger partial charge in [0.2, 0.25) is 0 Å². The number of amides is 2. The second kappa shape index (κ2) is 9.04. The lowest BCUT2D eigenvalue weighted by atomic mass is 9.96. The van der Waals surface area contributed by atoms with E-state index in [1.54, 1.807) is 29.5 Å². The molecule has 0 unspecified atom stereocenters. The monoisotopic (exact) mass is 487 g/mol. The Morgan fingerprint density at radius 3 is 2.50 bits per heavy atom. The van der Waals surface area contributed by atoms with Crippen molar-refractivity contribution >= 4 is 23.2 Å². The number of aromatic nitrogens is 1. The van der Waals surface area contributed by atoms with Gasteiger partial charge >= 0.3 is 6.03 Å². The van der Waals surface area contributed by atoms with Crippen LogP contribution in [0.5, 0.6) is 0 Å². The number of urea groups is 1. The van der Waals surface area contributed by atoms with Crippen LogP contribution in [0.3, 0.4) is 0 Å². The predicted octanol–water partition coefficient (Wildman–Crippen LogP) is 5.10. The van der Waals surface area contributed by atoms with Crippen LogP contribution < -0.4 is 10.5 Å². The van der Waals surface area contributed by atoms with Crippen LogP contribution in [0.2, 0.25) is 0 Å². The molecule has 0 atom stereocenters. The molecule has 1 fully saturated rings. The molecule has 0 radical (unpaired) electrons. The molecule has 2 heterocycles. The van der Waals surface area contributed by atoms with Crippen molar-refractivity contribution in [1.29, 1.82) is 0 Å². The molecule has 2 aromatic carbocycles. The quantitative estimate of drug-likeness (QED) is 0.486. The van der Waals surface area contributed by atoms with Crippen LogP contribution in [-0.4, -0.2) is 27.3 Å². The maximum absolute atomic E-state index is 14.9. The van der Waals surface area contributed by atoms with E-state index in [9.17, 15) is 18.8 Å². The van der Waals surface area contributed by atoms with E-state index in [0.717, 1.165) is 29.5 Å². The van der Waals surface area contributed by atoms with E-state index in [0.29, 0.717) is 34.7 Å². The van der Waals surface area contributed by atoms with Gasteiger partial charge in [-0.2, -0.15) is 0 Å². The molecule has 1 aliphatic heterocycles. The lowest BCUT2D eigenvalue weighted by molar-refractivity contribution is -0.116. The third kappa shape index (κ3) is 4.23.